The molecular weight excluding hydrogens is 400 g/mol. The number of rotatable bonds is 9. The predicted octanol–water partition coefficient (Wildman–Crippen LogP) is 2.96. The quantitative estimate of drug-likeness (QED) is 0.604. The number of pyridine rings is 1. The molecule has 1 aliphatic carbocycles. The first kappa shape index (κ1) is 22.7. The zero-order chi connectivity index (χ0) is 22.4. The van der Waals surface area contributed by atoms with E-state index in [1.165, 1.54) is 0 Å². The summed E-state index contributed by atoms with van der Waals surface area (Å²) in [6.07, 6.45) is 4.23. The number of nitrogens with zero attached hydrogens (tertiary/aromatic N) is 4. The number of hydrogen-bond acceptors (Lipinski definition) is 7. The van der Waals surface area contributed by atoms with Crippen LogP contribution in [0.25, 0.3) is 11.4 Å². The van der Waals surface area contributed by atoms with Gasteiger partial charge in [0, 0.05) is 7.05 Å². The van der Waals surface area contributed by atoms with Crippen molar-refractivity contribution in [3.8, 4) is 17.1 Å². The Balaban J connectivity index is 1.79. The highest BCUT2D eigenvalue weighted by Crippen LogP contribution is 2.31. The molecule has 0 aromatic carbocycles. The standard InChI is InChI=1S/C22H30N4O5/c1-4-11-30-20(27)13-18-21(24-25-26(18)3)17-9-10-19(16(5-2)23-17)31-15-8-6-7-14(12-15)22(28)29/h9-10,14-15H,4-8,11-13H2,1-3H3,(H,28,29)/t14-,15-/m0/s1. The third-order valence-electron chi connectivity index (χ3n) is 5.50. The molecule has 0 bridgehead atoms. The molecule has 168 valence electrons. The molecule has 0 spiro atoms. The number of aryl methyl sites for hydroxylation is 2. The Hall–Kier alpha value is -2.97. The molecule has 0 unspecified atom stereocenters. The number of carbonyl (C=O) groups excluding carboxylic acids is 1. The maximum absolute atomic E-state index is 12.1. The second-order valence-corrected chi connectivity index (χ2v) is 7.84. The van der Waals surface area contributed by atoms with Gasteiger partial charge in [0.1, 0.15) is 11.4 Å². The summed E-state index contributed by atoms with van der Waals surface area (Å²) in [5.41, 5.74) is 2.56. The lowest BCUT2D eigenvalue weighted by Gasteiger charge is -2.28. The first-order valence-corrected chi connectivity index (χ1v) is 10.9. The summed E-state index contributed by atoms with van der Waals surface area (Å²) in [5.74, 6) is -0.777. The molecule has 0 aliphatic heterocycles. The van der Waals surface area contributed by atoms with Gasteiger partial charge in [-0.2, -0.15) is 0 Å². The van der Waals surface area contributed by atoms with Gasteiger partial charge in [0.05, 0.1) is 42.1 Å². The predicted molar refractivity (Wildman–Crippen MR) is 113 cm³/mol. The van der Waals surface area contributed by atoms with Crippen LogP contribution in [0, 0.1) is 5.92 Å². The third-order valence-corrected chi connectivity index (χ3v) is 5.50. The van der Waals surface area contributed by atoms with Crippen LogP contribution in [0.3, 0.4) is 0 Å². The van der Waals surface area contributed by atoms with Crippen molar-refractivity contribution < 1.29 is 24.2 Å². The van der Waals surface area contributed by atoms with Gasteiger partial charge in [0.25, 0.3) is 0 Å². The molecule has 0 radical (unpaired) electrons. The molecule has 1 aliphatic rings. The van der Waals surface area contributed by atoms with Gasteiger partial charge in [-0.1, -0.05) is 19.1 Å². The van der Waals surface area contributed by atoms with E-state index in [1.807, 2.05) is 19.9 Å². The van der Waals surface area contributed by atoms with Gasteiger partial charge < -0.3 is 14.6 Å². The normalized spacial score (nSPS) is 18.5. The number of ether oxygens (including phenoxy) is 2. The van der Waals surface area contributed by atoms with Crippen molar-refractivity contribution in [3.63, 3.8) is 0 Å². The van der Waals surface area contributed by atoms with Crippen LogP contribution in [0.2, 0.25) is 0 Å². The molecule has 1 N–H and O–H groups in total. The number of aromatic nitrogens is 4. The largest absolute Gasteiger partial charge is 0.488 e. The van der Waals surface area contributed by atoms with Crippen molar-refractivity contribution in [1.82, 2.24) is 20.0 Å². The van der Waals surface area contributed by atoms with E-state index < -0.39 is 5.97 Å². The molecule has 1 saturated carbocycles. The summed E-state index contributed by atoms with van der Waals surface area (Å²) >= 11 is 0. The number of esters is 1. The van der Waals surface area contributed by atoms with Crippen LogP contribution < -0.4 is 4.74 Å². The van der Waals surface area contributed by atoms with E-state index in [2.05, 4.69) is 10.3 Å². The minimum absolute atomic E-state index is 0.0683. The molecule has 2 aromatic heterocycles. The summed E-state index contributed by atoms with van der Waals surface area (Å²) < 4.78 is 12.9. The second-order valence-electron chi connectivity index (χ2n) is 7.84. The molecule has 2 aromatic rings. The number of carboxylic acid groups (broad SMARTS) is 1. The van der Waals surface area contributed by atoms with E-state index in [1.54, 1.807) is 17.8 Å². The second kappa shape index (κ2) is 10.4. The molecule has 3 rings (SSSR count). The van der Waals surface area contributed by atoms with Crippen molar-refractivity contribution in [1.29, 1.82) is 0 Å². The lowest BCUT2D eigenvalue weighted by Crippen LogP contribution is -2.29. The zero-order valence-corrected chi connectivity index (χ0v) is 18.3. The Kier molecular flexibility index (Phi) is 7.59. The average molecular weight is 431 g/mol. The van der Waals surface area contributed by atoms with Crippen LogP contribution in [-0.2, 0) is 34.2 Å². The van der Waals surface area contributed by atoms with Crippen molar-refractivity contribution >= 4 is 11.9 Å². The zero-order valence-electron chi connectivity index (χ0n) is 18.3. The number of carboxylic acids is 1. The molecule has 2 atom stereocenters. The fourth-order valence-electron chi connectivity index (χ4n) is 3.81. The minimum Gasteiger partial charge on any atom is -0.488 e. The molecular formula is C22H30N4O5. The lowest BCUT2D eigenvalue weighted by atomic mass is 9.87. The van der Waals surface area contributed by atoms with Crippen molar-refractivity contribution in [2.45, 2.75) is 64.9 Å². The van der Waals surface area contributed by atoms with Gasteiger partial charge in [0.2, 0.25) is 0 Å². The maximum atomic E-state index is 12.1. The lowest BCUT2D eigenvalue weighted by molar-refractivity contribution is -0.144. The molecule has 0 amide bonds. The summed E-state index contributed by atoms with van der Waals surface area (Å²) in [7, 11) is 1.74. The number of aliphatic carboxylic acids is 1. The fraction of sp³-hybridized carbons (Fsp3) is 0.591. The van der Waals surface area contributed by atoms with E-state index >= 15 is 0 Å². The molecule has 2 heterocycles. The summed E-state index contributed by atoms with van der Waals surface area (Å²) in [4.78, 5) is 28.1. The Labute approximate surface area is 181 Å². The summed E-state index contributed by atoms with van der Waals surface area (Å²) in [6, 6.07) is 3.65. The topological polar surface area (TPSA) is 116 Å². The van der Waals surface area contributed by atoms with E-state index in [0.29, 0.717) is 48.7 Å². The van der Waals surface area contributed by atoms with Gasteiger partial charge in [-0.25, -0.2) is 4.98 Å². The van der Waals surface area contributed by atoms with Crippen LogP contribution in [-0.4, -0.2) is 49.7 Å². The van der Waals surface area contributed by atoms with Gasteiger partial charge in [0.15, 0.2) is 0 Å². The van der Waals surface area contributed by atoms with Crippen molar-refractivity contribution in [2.75, 3.05) is 6.61 Å². The van der Waals surface area contributed by atoms with Gasteiger partial charge in [-0.3, -0.25) is 14.3 Å². The van der Waals surface area contributed by atoms with Crippen molar-refractivity contribution in [3.05, 3.63) is 23.5 Å². The summed E-state index contributed by atoms with van der Waals surface area (Å²) in [6.45, 7) is 4.31. The molecule has 31 heavy (non-hydrogen) atoms. The number of carbonyl (C=O) groups is 2. The molecule has 1 fully saturated rings. The highest BCUT2D eigenvalue weighted by Gasteiger charge is 2.29. The maximum Gasteiger partial charge on any atom is 0.311 e. The molecule has 0 saturated heterocycles. The van der Waals surface area contributed by atoms with E-state index in [4.69, 9.17) is 14.5 Å². The number of hydrogen-bond donors (Lipinski definition) is 1. The smallest absolute Gasteiger partial charge is 0.311 e. The van der Waals surface area contributed by atoms with Gasteiger partial charge >= 0.3 is 11.9 Å². The van der Waals surface area contributed by atoms with Crippen LogP contribution in [0.4, 0.5) is 0 Å². The van der Waals surface area contributed by atoms with Crippen LogP contribution in [0.1, 0.15) is 57.3 Å². The first-order valence-electron chi connectivity index (χ1n) is 10.9. The summed E-state index contributed by atoms with van der Waals surface area (Å²) in [5, 5.41) is 17.6. The van der Waals surface area contributed by atoms with Crippen molar-refractivity contribution in [2.24, 2.45) is 13.0 Å². The molecule has 9 nitrogen and oxygen atoms in total. The Bertz CT molecular complexity index is 927. The highest BCUT2D eigenvalue weighted by molar-refractivity contribution is 5.75. The highest BCUT2D eigenvalue weighted by atomic mass is 16.5. The van der Waals surface area contributed by atoms with E-state index in [-0.39, 0.29) is 24.4 Å². The third kappa shape index (κ3) is 5.59. The van der Waals surface area contributed by atoms with Crippen LogP contribution in [0.5, 0.6) is 5.75 Å². The Morgan fingerprint density at radius 3 is 2.77 bits per heavy atom. The van der Waals surface area contributed by atoms with Crippen LogP contribution >= 0.6 is 0 Å². The van der Waals surface area contributed by atoms with Gasteiger partial charge in [-0.15, -0.1) is 5.10 Å². The van der Waals surface area contributed by atoms with E-state index in [0.717, 1.165) is 25.0 Å². The minimum atomic E-state index is -0.759. The molecule has 9 heteroatoms. The average Bonchev–Trinajstić information content (AvgIpc) is 3.12. The first-order chi connectivity index (χ1) is 14.9. The Morgan fingerprint density at radius 2 is 2.06 bits per heavy atom. The Morgan fingerprint density at radius 1 is 1.26 bits per heavy atom. The monoisotopic (exact) mass is 430 g/mol. The SMILES string of the molecule is CCCOC(=O)Cc1c(-c2ccc(O[C@H]3CCC[C@H](C(=O)O)C3)c(CC)n2)nnn1C. The van der Waals surface area contributed by atoms with E-state index in [9.17, 15) is 14.7 Å². The van der Waals surface area contributed by atoms with Gasteiger partial charge in [-0.05, 0) is 50.7 Å². The fourth-order valence-corrected chi connectivity index (χ4v) is 3.81. The van der Waals surface area contributed by atoms with Crippen LogP contribution in [0.15, 0.2) is 12.1 Å².